The molecule has 2 atom stereocenters. The van der Waals surface area contributed by atoms with Crippen LogP contribution in [0.4, 0.5) is 4.79 Å². The lowest BCUT2D eigenvalue weighted by atomic mass is 10.1. The van der Waals surface area contributed by atoms with Crippen LogP contribution in [0.2, 0.25) is 0 Å². The van der Waals surface area contributed by atoms with Crippen LogP contribution in [0.3, 0.4) is 0 Å². The fraction of sp³-hybridized carbons (Fsp3) is 0.750. The number of thioether (sulfide) groups is 1. The van der Waals surface area contributed by atoms with Gasteiger partial charge < -0.3 is 25.0 Å². The summed E-state index contributed by atoms with van der Waals surface area (Å²) in [6, 6.07) is -1.51. The van der Waals surface area contributed by atoms with Crippen molar-refractivity contribution in [1.29, 1.82) is 0 Å². The second-order valence-electron chi connectivity index (χ2n) is 9.69. The molecule has 2 rings (SSSR count). The zero-order valence-electron chi connectivity index (χ0n) is 20.8. The fourth-order valence-corrected chi connectivity index (χ4v) is 4.75. The van der Waals surface area contributed by atoms with E-state index in [1.807, 2.05) is 6.08 Å². The van der Waals surface area contributed by atoms with E-state index >= 15 is 0 Å². The molecule has 0 unspecified atom stereocenters. The van der Waals surface area contributed by atoms with E-state index in [4.69, 9.17) is 9.47 Å². The van der Waals surface area contributed by atoms with E-state index < -0.39 is 35.3 Å². The molecule has 0 aromatic rings. The number of hydrogen-bond donors (Lipinski definition) is 2. The van der Waals surface area contributed by atoms with E-state index in [9.17, 15) is 19.2 Å². The molecule has 3 amide bonds. The Bertz CT molecular complexity index is 762. The lowest BCUT2D eigenvalue weighted by Crippen LogP contribution is -2.57. The van der Waals surface area contributed by atoms with Gasteiger partial charge in [-0.3, -0.25) is 9.59 Å². The minimum atomic E-state index is -0.973. The van der Waals surface area contributed by atoms with Crippen LogP contribution in [-0.4, -0.2) is 76.7 Å². The molecule has 1 aliphatic carbocycles. The molecule has 0 aromatic heterocycles. The number of carbonyl (C=O) groups excluding carboxylic acids is 4. The minimum absolute atomic E-state index is 0.243. The van der Waals surface area contributed by atoms with Crippen LogP contribution in [0.25, 0.3) is 0 Å². The molecule has 2 fully saturated rings. The Kier molecular flexibility index (Phi) is 10.3. The van der Waals surface area contributed by atoms with Gasteiger partial charge >= 0.3 is 12.1 Å². The number of likely N-dealkylation sites (tertiary alicyclic amines) is 1. The van der Waals surface area contributed by atoms with Crippen molar-refractivity contribution in [3.05, 3.63) is 12.7 Å². The Morgan fingerprint density at radius 3 is 2.56 bits per heavy atom. The van der Waals surface area contributed by atoms with Crippen molar-refractivity contribution >= 4 is 35.6 Å². The van der Waals surface area contributed by atoms with Crippen molar-refractivity contribution < 1.29 is 28.7 Å². The standard InChI is InChI=1S/C24H39N3O6S/c1-6-8-9-15-34-16-17(25-22(31)33-23(3,4)5)20(29)27-14-10-11-18(27)19(28)26-24(12-13-24)21(30)32-7-2/h6,17-18H,1,7-16H2,2-5H3,(H,25,31)(H,26,28)/t17-,18-/m0/s1. The number of carbonyl (C=O) groups is 4. The largest absolute Gasteiger partial charge is 0.464 e. The summed E-state index contributed by atoms with van der Waals surface area (Å²) in [5, 5.41) is 5.52. The van der Waals surface area contributed by atoms with Gasteiger partial charge in [-0.2, -0.15) is 11.8 Å². The Balaban J connectivity index is 2.06. The first-order valence-electron chi connectivity index (χ1n) is 12.0. The fourth-order valence-electron chi connectivity index (χ4n) is 3.75. The summed E-state index contributed by atoms with van der Waals surface area (Å²) >= 11 is 1.56. The average Bonchev–Trinajstić information content (AvgIpc) is 3.36. The third-order valence-corrected chi connectivity index (χ3v) is 6.73. The molecule has 1 saturated carbocycles. The molecule has 0 aromatic carbocycles. The summed E-state index contributed by atoms with van der Waals surface area (Å²) in [5.74, 6) is 0.0799. The van der Waals surface area contributed by atoms with Crippen LogP contribution < -0.4 is 10.6 Å². The van der Waals surface area contributed by atoms with E-state index in [1.54, 1.807) is 39.5 Å². The second kappa shape index (κ2) is 12.5. The highest BCUT2D eigenvalue weighted by atomic mass is 32.2. The lowest BCUT2D eigenvalue weighted by Gasteiger charge is -2.30. The van der Waals surface area contributed by atoms with Crippen molar-refractivity contribution in [3.63, 3.8) is 0 Å². The van der Waals surface area contributed by atoms with E-state index in [1.165, 1.54) is 4.90 Å². The predicted molar refractivity (Wildman–Crippen MR) is 131 cm³/mol. The number of nitrogens with zero attached hydrogens (tertiary/aromatic N) is 1. The SMILES string of the molecule is C=CCCCSC[C@H](NC(=O)OC(C)(C)C)C(=O)N1CCC[C@H]1C(=O)NC1(C(=O)OCC)CC1. The number of alkyl carbamates (subject to hydrolysis) is 1. The van der Waals surface area contributed by atoms with Gasteiger partial charge in [-0.25, -0.2) is 9.59 Å². The van der Waals surface area contributed by atoms with Gasteiger partial charge in [0.15, 0.2) is 0 Å². The number of esters is 1. The molecule has 0 radical (unpaired) electrons. The zero-order chi connectivity index (χ0) is 25.4. The molecule has 2 N–H and O–H groups in total. The maximum atomic E-state index is 13.5. The molecule has 0 spiro atoms. The smallest absolute Gasteiger partial charge is 0.408 e. The molecule has 9 nitrogen and oxygen atoms in total. The number of ether oxygens (including phenoxy) is 2. The quantitative estimate of drug-likeness (QED) is 0.242. The summed E-state index contributed by atoms with van der Waals surface area (Å²) in [6.07, 6.45) is 5.21. The summed E-state index contributed by atoms with van der Waals surface area (Å²) in [5.41, 5.74) is -1.67. The Morgan fingerprint density at radius 2 is 1.97 bits per heavy atom. The first kappa shape index (κ1) is 28.0. The van der Waals surface area contributed by atoms with Crippen LogP contribution >= 0.6 is 11.8 Å². The Morgan fingerprint density at radius 1 is 1.26 bits per heavy atom. The van der Waals surface area contributed by atoms with Crippen molar-refractivity contribution in [3.8, 4) is 0 Å². The second-order valence-corrected chi connectivity index (χ2v) is 10.8. The van der Waals surface area contributed by atoms with Crippen LogP contribution in [0.5, 0.6) is 0 Å². The van der Waals surface area contributed by atoms with Crippen molar-refractivity contribution in [2.24, 2.45) is 0 Å². The molecule has 2 aliphatic rings. The Labute approximate surface area is 206 Å². The number of hydrogen-bond acceptors (Lipinski definition) is 7. The van der Waals surface area contributed by atoms with Gasteiger partial charge in [-0.15, -0.1) is 6.58 Å². The van der Waals surface area contributed by atoms with Gasteiger partial charge in [-0.05, 0) is 72.0 Å². The summed E-state index contributed by atoms with van der Waals surface area (Å²) in [7, 11) is 0. The molecule has 0 bridgehead atoms. The highest BCUT2D eigenvalue weighted by molar-refractivity contribution is 7.99. The van der Waals surface area contributed by atoms with Crippen LogP contribution in [-0.2, 0) is 23.9 Å². The number of allylic oxidation sites excluding steroid dienone is 1. The molecule has 192 valence electrons. The molecule has 1 aliphatic heterocycles. The van der Waals surface area contributed by atoms with Crippen LogP contribution in [0.15, 0.2) is 12.7 Å². The lowest BCUT2D eigenvalue weighted by molar-refractivity contribution is -0.149. The summed E-state index contributed by atoms with van der Waals surface area (Å²) in [4.78, 5) is 52.7. The van der Waals surface area contributed by atoms with E-state index in [-0.39, 0.29) is 18.4 Å². The zero-order valence-corrected chi connectivity index (χ0v) is 21.6. The first-order valence-corrected chi connectivity index (χ1v) is 13.2. The van der Waals surface area contributed by atoms with E-state index in [0.29, 0.717) is 38.0 Å². The number of unbranched alkanes of at least 4 members (excludes halogenated alkanes) is 1. The van der Waals surface area contributed by atoms with Crippen molar-refractivity contribution in [1.82, 2.24) is 15.5 Å². The number of rotatable bonds is 12. The highest BCUT2D eigenvalue weighted by Gasteiger charge is 2.54. The van der Waals surface area contributed by atoms with Gasteiger partial charge in [-0.1, -0.05) is 6.08 Å². The van der Waals surface area contributed by atoms with Crippen LogP contribution in [0, 0.1) is 0 Å². The van der Waals surface area contributed by atoms with Crippen molar-refractivity contribution in [2.75, 3.05) is 24.7 Å². The highest BCUT2D eigenvalue weighted by Crippen LogP contribution is 2.37. The summed E-state index contributed by atoms with van der Waals surface area (Å²) < 4.78 is 10.4. The molecule has 10 heteroatoms. The topological polar surface area (TPSA) is 114 Å². The maximum absolute atomic E-state index is 13.5. The average molecular weight is 498 g/mol. The van der Waals surface area contributed by atoms with Crippen molar-refractivity contribution in [2.45, 2.75) is 89.4 Å². The molecular weight excluding hydrogens is 458 g/mol. The summed E-state index contributed by atoms with van der Waals surface area (Å²) in [6.45, 7) is 11.4. The normalized spacial score (nSPS) is 19.6. The minimum Gasteiger partial charge on any atom is -0.464 e. The molecule has 1 heterocycles. The third-order valence-electron chi connectivity index (χ3n) is 5.59. The van der Waals surface area contributed by atoms with E-state index in [0.717, 1.165) is 18.6 Å². The van der Waals surface area contributed by atoms with Gasteiger partial charge in [0.05, 0.1) is 6.61 Å². The monoisotopic (exact) mass is 497 g/mol. The third kappa shape index (κ3) is 8.21. The van der Waals surface area contributed by atoms with Crippen LogP contribution in [0.1, 0.15) is 66.2 Å². The maximum Gasteiger partial charge on any atom is 0.408 e. The molecule has 34 heavy (non-hydrogen) atoms. The molecular formula is C24H39N3O6S. The van der Waals surface area contributed by atoms with E-state index in [2.05, 4.69) is 17.2 Å². The van der Waals surface area contributed by atoms with Gasteiger partial charge in [0.2, 0.25) is 11.8 Å². The number of nitrogens with one attached hydrogen (secondary N) is 2. The van der Waals surface area contributed by atoms with Gasteiger partial charge in [0.25, 0.3) is 0 Å². The van der Waals surface area contributed by atoms with Gasteiger partial charge in [0.1, 0.15) is 23.2 Å². The first-order chi connectivity index (χ1) is 16.0. The Hall–Kier alpha value is -2.23. The molecule has 1 saturated heterocycles. The van der Waals surface area contributed by atoms with Gasteiger partial charge in [0, 0.05) is 12.3 Å². The number of amides is 3. The predicted octanol–water partition coefficient (Wildman–Crippen LogP) is 2.78.